The number of aliphatic imine (C=N–C) groups is 1. The Kier molecular flexibility index (Phi) is 1.91. The van der Waals surface area contributed by atoms with Crippen LogP contribution in [0.25, 0.3) is 12.2 Å². The summed E-state index contributed by atoms with van der Waals surface area (Å²) in [6.07, 6.45) is 16.0. The van der Waals surface area contributed by atoms with E-state index in [1.165, 1.54) is 11.1 Å². The van der Waals surface area contributed by atoms with Gasteiger partial charge in [0.05, 0.1) is 6.21 Å². The van der Waals surface area contributed by atoms with Crippen LogP contribution in [0, 0.1) is 0 Å². The smallest absolute Gasteiger partial charge is 0.149 e. The van der Waals surface area contributed by atoms with E-state index in [4.69, 9.17) is 4.42 Å². The van der Waals surface area contributed by atoms with Crippen molar-refractivity contribution < 1.29 is 4.42 Å². The van der Waals surface area contributed by atoms with Gasteiger partial charge in [0.25, 0.3) is 0 Å². The quantitative estimate of drug-likeness (QED) is 0.627. The zero-order valence-corrected chi connectivity index (χ0v) is 8.31. The molecular formula is C13H11NO. The zero-order chi connectivity index (χ0) is 10.1. The Morgan fingerprint density at radius 3 is 3.00 bits per heavy atom. The van der Waals surface area contributed by atoms with Gasteiger partial charge < -0.3 is 4.42 Å². The first-order valence-electron chi connectivity index (χ1n) is 5.12. The lowest BCUT2D eigenvalue weighted by molar-refractivity contribution is 0.547. The molecule has 3 rings (SSSR count). The predicted molar refractivity (Wildman–Crippen MR) is 61.8 cm³/mol. The minimum atomic E-state index is 0.890. The Bertz CT molecular complexity index is 501. The van der Waals surface area contributed by atoms with Gasteiger partial charge in [-0.1, -0.05) is 24.3 Å². The van der Waals surface area contributed by atoms with E-state index in [-0.39, 0.29) is 0 Å². The average molecular weight is 197 g/mol. The first-order valence-corrected chi connectivity index (χ1v) is 5.12. The predicted octanol–water partition coefficient (Wildman–Crippen LogP) is 3.20. The third-order valence-electron chi connectivity index (χ3n) is 2.64. The molecule has 0 fully saturated rings. The van der Waals surface area contributed by atoms with Crippen molar-refractivity contribution in [3.63, 3.8) is 0 Å². The second-order valence-corrected chi connectivity index (χ2v) is 3.63. The molecule has 2 heterocycles. The van der Waals surface area contributed by atoms with Crippen molar-refractivity contribution >= 4 is 18.4 Å². The van der Waals surface area contributed by atoms with Gasteiger partial charge in [0.2, 0.25) is 0 Å². The van der Waals surface area contributed by atoms with Gasteiger partial charge in [0, 0.05) is 17.3 Å². The van der Waals surface area contributed by atoms with Crippen molar-refractivity contribution in [3.05, 3.63) is 47.1 Å². The monoisotopic (exact) mass is 197 g/mol. The molecule has 2 heteroatoms. The Morgan fingerprint density at radius 1 is 1.07 bits per heavy atom. The Balaban J connectivity index is 2.22. The van der Waals surface area contributed by atoms with Gasteiger partial charge >= 0.3 is 0 Å². The third-order valence-corrected chi connectivity index (χ3v) is 2.64. The van der Waals surface area contributed by atoms with E-state index in [0.717, 1.165) is 24.4 Å². The van der Waals surface area contributed by atoms with Crippen molar-refractivity contribution in [3.8, 4) is 0 Å². The summed E-state index contributed by atoms with van der Waals surface area (Å²) in [5.41, 5.74) is 2.45. The zero-order valence-electron chi connectivity index (χ0n) is 8.31. The molecule has 0 saturated carbocycles. The molecule has 0 amide bonds. The molecule has 1 aromatic heterocycles. The van der Waals surface area contributed by atoms with E-state index in [1.54, 1.807) is 6.21 Å². The summed E-state index contributed by atoms with van der Waals surface area (Å²) in [6, 6.07) is 0. The normalized spacial score (nSPS) is 17.1. The molecule has 0 bridgehead atoms. The molecular weight excluding hydrogens is 186 g/mol. The van der Waals surface area contributed by atoms with Gasteiger partial charge in [0.1, 0.15) is 11.5 Å². The molecule has 74 valence electrons. The van der Waals surface area contributed by atoms with Gasteiger partial charge in [-0.3, -0.25) is 4.99 Å². The number of hydrogen-bond donors (Lipinski definition) is 0. The van der Waals surface area contributed by atoms with Crippen molar-refractivity contribution in [2.45, 2.75) is 12.8 Å². The number of nitrogens with zero attached hydrogens (tertiary/aromatic N) is 1. The van der Waals surface area contributed by atoms with Crippen LogP contribution in [0.3, 0.4) is 0 Å². The standard InChI is InChI=1S/C13H11NO/c1-2-5-10-11-6-4-8-14-9-13(11)15-12(10)7-3-1/h2-5,7-9H,1,6H2. The van der Waals surface area contributed by atoms with E-state index in [0.29, 0.717) is 0 Å². The summed E-state index contributed by atoms with van der Waals surface area (Å²) in [7, 11) is 0. The van der Waals surface area contributed by atoms with Crippen molar-refractivity contribution in [1.29, 1.82) is 0 Å². The molecule has 0 radical (unpaired) electrons. The maximum Gasteiger partial charge on any atom is 0.149 e. The summed E-state index contributed by atoms with van der Waals surface area (Å²) >= 11 is 0. The molecule has 2 aliphatic rings. The van der Waals surface area contributed by atoms with Gasteiger partial charge in [-0.05, 0) is 18.9 Å². The minimum absolute atomic E-state index is 0.890. The van der Waals surface area contributed by atoms with Crippen LogP contribution in [-0.2, 0) is 6.42 Å². The highest BCUT2D eigenvalue weighted by Crippen LogP contribution is 2.28. The van der Waals surface area contributed by atoms with Gasteiger partial charge in [-0.2, -0.15) is 0 Å². The SMILES string of the molecule is C1=Cc2oc3c(c2C=CC1)CC=CN=C3. The lowest BCUT2D eigenvalue weighted by Gasteiger charge is -1.94. The van der Waals surface area contributed by atoms with Crippen LogP contribution in [0.4, 0.5) is 0 Å². The highest BCUT2D eigenvalue weighted by Gasteiger charge is 2.16. The van der Waals surface area contributed by atoms with Gasteiger partial charge in [0.15, 0.2) is 0 Å². The van der Waals surface area contributed by atoms with Crippen LogP contribution in [-0.4, -0.2) is 6.21 Å². The van der Waals surface area contributed by atoms with Crippen LogP contribution in [0.1, 0.15) is 29.1 Å². The lowest BCUT2D eigenvalue weighted by Crippen LogP contribution is -1.86. The van der Waals surface area contributed by atoms with Crippen LogP contribution >= 0.6 is 0 Å². The number of allylic oxidation sites excluding steroid dienone is 3. The fourth-order valence-electron chi connectivity index (χ4n) is 1.92. The maximum atomic E-state index is 5.76. The number of furan rings is 1. The molecule has 0 atom stereocenters. The Morgan fingerprint density at radius 2 is 2.00 bits per heavy atom. The van der Waals surface area contributed by atoms with Crippen LogP contribution in [0.15, 0.2) is 33.8 Å². The largest absolute Gasteiger partial charge is 0.455 e. The van der Waals surface area contributed by atoms with Gasteiger partial charge in [-0.25, -0.2) is 0 Å². The molecule has 2 nitrogen and oxygen atoms in total. The summed E-state index contributed by atoms with van der Waals surface area (Å²) in [5, 5.41) is 0. The number of hydrogen-bond acceptors (Lipinski definition) is 2. The van der Waals surface area contributed by atoms with E-state index in [2.05, 4.69) is 29.3 Å². The summed E-state index contributed by atoms with van der Waals surface area (Å²) in [6.45, 7) is 0. The average Bonchev–Trinajstić information content (AvgIpc) is 2.51. The Labute approximate surface area is 88.3 Å². The topological polar surface area (TPSA) is 25.5 Å². The number of rotatable bonds is 0. The Hall–Kier alpha value is -1.83. The lowest BCUT2D eigenvalue weighted by atomic mass is 10.1. The van der Waals surface area contributed by atoms with E-state index >= 15 is 0 Å². The maximum absolute atomic E-state index is 5.76. The molecule has 15 heavy (non-hydrogen) atoms. The second-order valence-electron chi connectivity index (χ2n) is 3.63. The van der Waals surface area contributed by atoms with E-state index in [9.17, 15) is 0 Å². The second kappa shape index (κ2) is 3.39. The van der Waals surface area contributed by atoms with Gasteiger partial charge in [-0.15, -0.1) is 0 Å². The third kappa shape index (κ3) is 1.38. The summed E-state index contributed by atoms with van der Waals surface area (Å²) in [4.78, 5) is 4.13. The molecule has 0 N–H and O–H groups in total. The molecule has 0 unspecified atom stereocenters. The first-order chi connectivity index (χ1) is 7.45. The fraction of sp³-hybridized carbons (Fsp3) is 0.154. The van der Waals surface area contributed by atoms with Crippen molar-refractivity contribution in [2.24, 2.45) is 4.99 Å². The molecule has 0 spiro atoms. The minimum Gasteiger partial charge on any atom is -0.455 e. The van der Waals surface area contributed by atoms with Crippen LogP contribution in [0.5, 0.6) is 0 Å². The van der Waals surface area contributed by atoms with E-state index in [1.807, 2.05) is 12.3 Å². The van der Waals surface area contributed by atoms with E-state index < -0.39 is 0 Å². The molecule has 1 aliphatic carbocycles. The molecule has 1 aromatic rings. The molecule has 0 aromatic carbocycles. The molecule has 0 saturated heterocycles. The van der Waals surface area contributed by atoms with Crippen molar-refractivity contribution in [2.75, 3.05) is 0 Å². The van der Waals surface area contributed by atoms with Crippen LogP contribution < -0.4 is 0 Å². The highest BCUT2D eigenvalue weighted by molar-refractivity contribution is 5.83. The highest BCUT2D eigenvalue weighted by atomic mass is 16.3. The van der Waals surface area contributed by atoms with Crippen molar-refractivity contribution in [1.82, 2.24) is 0 Å². The first kappa shape index (κ1) is 8.48. The summed E-state index contributed by atoms with van der Waals surface area (Å²) < 4.78 is 5.76. The van der Waals surface area contributed by atoms with Crippen LogP contribution in [0.2, 0.25) is 0 Å². The summed E-state index contributed by atoms with van der Waals surface area (Å²) in [5.74, 6) is 1.84. The molecule has 1 aliphatic heterocycles. The number of fused-ring (bicyclic) bond motifs is 3. The fourth-order valence-corrected chi connectivity index (χ4v) is 1.92.